The topological polar surface area (TPSA) is 33.7 Å². The Kier molecular flexibility index (Phi) is 6.17. The number of hydrogen-bond donors (Lipinski definition) is 1. The molecule has 0 spiro atoms. The predicted molar refractivity (Wildman–Crippen MR) is 61.2 cm³/mol. The van der Waals surface area contributed by atoms with Crippen LogP contribution < -0.4 is 5.32 Å². The zero-order valence-electron chi connectivity index (χ0n) is 10.2. The second-order valence-corrected chi connectivity index (χ2v) is 4.04. The molecule has 0 radical (unpaired) electrons. The van der Waals surface area contributed by atoms with Crippen molar-refractivity contribution in [2.75, 3.05) is 47.1 Å². The summed E-state index contributed by atoms with van der Waals surface area (Å²) in [4.78, 5) is 2.52. The largest absolute Gasteiger partial charge is 0.383 e. The summed E-state index contributed by atoms with van der Waals surface area (Å²) in [5.74, 6) is 0. The van der Waals surface area contributed by atoms with Crippen LogP contribution in [0.5, 0.6) is 0 Å². The quantitative estimate of drug-likeness (QED) is 0.694. The van der Waals surface area contributed by atoms with Crippen molar-refractivity contribution in [3.8, 4) is 0 Å². The van der Waals surface area contributed by atoms with Gasteiger partial charge in [-0.15, -0.1) is 0 Å². The molecule has 4 nitrogen and oxygen atoms in total. The Morgan fingerprint density at radius 3 is 3.00 bits per heavy atom. The van der Waals surface area contributed by atoms with Crippen LogP contribution in [-0.4, -0.2) is 64.1 Å². The van der Waals surface area contributed by atoms with Crippen molar-refractivity contribution in [2.24, 2.45) is 0 Å². The molecule has 1 heterocycles. The van der Waals surface area contributed by atoms with Gasteiger partial charge in [-0.2, -0.15) is 0 Å². The van der Waals surface area contributed by atoms with Gasteiger partial charge >= 0.3 is 0 Å². The zero-order valence-corrected chi connectivity index (χ0v) is 10.2. The Hall–Kier alpha value is -0.160. The zero-order chi connectivity index (χ0) is 11.1. The predicted octanol–water partition coefficient (Wildman–Crippen LogP) is 0.332. The van der Waals surface area contributed by atoms with E-state index >= 15 is 0 Å². The maximum Gasteiger partial charge on any atom is 0.0630 e. The fraction of sp³-hybridized carbons (Fsp3) is 1.00. The summed E-state index contributed by atoms with van der Waals surface area (Å²) in [6.07, 6.45) is 1.14. The highest BCUT2D eigenvalue weighted by molar-refractivity contribution is 4.82. The minimum Gasteiger partial charge on any atom is -0.383 e. The molecule has 2 unspecified atom stereocenters. The lowest BCUT2D eigenvalue weighted by Crippen LogP contribution is -2.54. The van der Waals surface area contributed by atoms with E-state index in [0.29, 0.717) is 12.1 Å². The molecule has 90 valence electrons. The lowest BCUT2D eigenvalue weighted by Gasteiger charge is -2.40. The normalized spacial score (nSPS) is 25.4. The molecule has 0 aliphatic carbocycles. The maximum atomic E-state index is 5.51. The molecule has 0 bridgehead atoms. The summed E-state index contributed by atoms with van der Waals surface area (Å²) in [7, 11) is 3.76. The third-order valence-electron chi connectivity index (χ3n) is 3.01. The second kappa shape index (κ2) is 7.17. The van der Waals surface area contributed by atoms with E-state index in [2.05, 4.69) is 17.1 Å². The Bertz CT molecular complexity index is 161. The summed E-state index contributed by atoms with van der Waals surface area (Å²) in [5.41, 5.74) is 0. The molecule has 1 aliphatic heterocycles. The molecule has 1 rings (SSSR count). The minimum atomic E-state index is 0.467. The molecule has 1 saturated heterocycles. The Labute approximate surface area is 92.9 Å². The molecule has 15 heavy (non-hydrogen) atoms. The van der Waals surface area contributed by atoms with Crippen LogP contribution in [0.25, 0.3) is 0 Å². The fourth-order valence-corrected chi connectivity index (χ4v) is 2.20. The van der Waals surface area contributed by atoms with Crippen LogP contribution in [0.15, 0.2) is 0 Å². The highest BCUT2D eigenvalue weighted by Crippen LogP contribution is 2.14. The number of rotatable bonds is 6. The molecule has 0 aromatic heterocycles. The molecule has 1 aliphatic rings. The van der Waals surface area contributed by atoms with Crippen LogP contribution in [0.2, 0.25) is 0 Å². The van der Waals surface area contributed by atoms with E-state index in [-0.39, 0.29) is 0 Å². The standard InChI is InChI=1S/C11H24N2O2/c1-4-10-9-15-6-5-13(10)11(7-12-2)8-14-3/h10-12H,4-9H2,1-3H3. The van der Waals surface area contributed by atoms with Crippen LogP contribution in [-0.2, 0) is 9.47 Å². The van der Waals surface area contributed by atoms with Crippen molar-refractivity contribution in [1.82, 2.24) is 10.2 Å². The second-order valence-electron chi connectivity index (χ2n) is 4.04. The molecule has 4 heteroatoms. The fourth-order valence-electron chi connectivity index (χ4n) is 2.20. The number of nitrogens with one attached hydrogen (secondary N) is 1. The van der Waals surface area contributed by atoms with Gasteiger partial charge in [0.2, 0.25) is 0 Å². The monoisotopic (exact) mass is 216 g/mol. The van der Waals surface area contributed by atoms with Gasteiger partial charge in [0, 0.05) is 32.3 Å². The molecule has 0 aromatic carbocycles. The van der Waals surface area contributed by atoms with Crippen molar-refractivity contribution in [3.63, 3.8) is 0 Å². The molecular formula is C11H24N2O2. The van der Waals surface area contributed by atoms with Gasteiger partial charge in [-0.05, 0) is 13.5 Å². The SMILES string of the molecule is CCC1COCCN1C(CNC)COC. The molecule has 0 aromatic rings. The first kappa shape index (κ1) is 12.9. The number of likely N-dealkylation sites (N-methyl/N-ethyl adjacent to an activating group) is 1. The number of morpholine rings is 1. The number of methoxy groups -OCH3 is 1. The van der Waals surface area contributed by atoms with Crippen LogP contribution in [0.3, 0.4) is 0 Å². The Morgan fingerprint density at radius 2 is 2.40 bits per heavy atom. The van der Waals surface area contributed by atoms with E-state index in [1.54, 1.807) is 7.11 Å². The van der Waals surface area contributed by atoms with Gasteiger partial charge < -0.3 is 14.8 Å². The van der Waals surface area contributed by atoms with E-state index in [9.17, 15) is 0 Å². The minimum absolute atomic E-state index is 0.467. The van der Waals surface area contributed by atoms with Gasteiger partial charge in [-0.3, -0.25) is 4.90 Å². The van der Waals surface area contributed by atoms with Gasteiger partial charge in [0.1, 0.15) is 0 Å². The Morgan fingerprint density at radius 1 is 1.60 bits per heavy atom. The van der Waals surface area contributed by atoms with Gasteiger partial charge in [-0.1, -0.05) is 6.92 Å². The van der Waals surface area contributed by atoms with E-state index < -0.39 is 0 Å². The van der Waals surface area contributed by atoms with Crippen LogP contribution in [0, 0.1) is 0 Å². The van der Waals surface area contributed by atoms with Crippen molar-refractivity contribution in [2.45, 2.75) is 25.4 Å². The van der Waals surface area contributed by atoms with E-state index in [4.69, 9.17) is 9.47 Å². The molecular weight excluding hydrogens is 192 g/mol. The summed E-state index contributed by atoms with van der Waals surface area (Å²) in [6.45, 7) is 6.71. The average molecular weight is 216 g/mol. The molecule has 1 fully saturated rings. The first-order valence-electron chi connectivity index (χ1n) is 5.80. The van der Waals surface area contributed by atoms with Crippen LogP contribution in [0.4, 0.5) is 0 Å². The van der Waals surface area contributed by atoms with Crippen LogP contribution in [0.1, 0.15) is 13.3 Å². The highest BCUT2D eigenvalue weighted by atomic mass is 16.5. The summed E-state index contributed by atoms with van der Waals surface area (Å²) < 4.78 is 10.8. The summed E-state index contributed by atoms with van der Waals surface area (Å²) >= 11 is 0. The van der Waals surface area contributed by atoms with Gasteiger partial charge in [0.15, 0.2) is 0 Å². The number of ether oxygens (including phenoxy) is 2. The third kappa shape index (κ3) is 3.72. The average Bonchev–Trinajstić information content (AvgIpc) is 2.29. The number of hydrogen-bond acceptors (Lipinski definition) is 4. The van der Waals surface area contributed by atoms with E-state index in [1.807, 2.05) is 7.05 Å². The smallest absolute Gasteiger partial charge is 0.0630 e. The number of nitrogens with zero attached hydrogens (tertiary/aromatic N) is 1. The lowest BCUT2D eigenvalue weighted by atomic mass is 10.1. The first-order valence-corrected chi connectivity index (χ1v) is 5.80. The molecule has 1 N–H and O–H groups in total. The first-order chi connectivity index (χ1) is 7.33. The van der Waals surface area contributed by atoms with Gasteiger partial charge in [-0.25, -0.2) is 0 Å². The van der Waals surface area contributed by atoms with E-state index in [1.165, 1.54) is 0 Å². The van der Waals surface area contributed by atoms with Crippen LogP contribution >= 0.6 is 0 Å². The van der Waals surface area contributed by atoms with Crippen molar-refractivity contribution >= 4 is 0 Å². The molecule has 2 atom stereocenters. The molecule has 0 amide bonds. The Balaban J connectivity index is 2.53. The van der Waals surface area contributed by atoms with Gasteiger partial charge in [0.25, 0.3) is 0 Å². The van der Waals surface area contributed by atoms with Crippen molar-refractivity contribution < 1.29 is 9.47 Å². The third-order valence-corrected chi connectivity index (χ3v) is 3.01. The van der Waals surface area contributed by atoms with Crippen molar-refractivity contribution in [3.05, 3.63) is 0 Å². The summed E-state index contributed by atoms with van der Waals surface area (Å²) in [5, 5.41) is 3.23. The summed E-state index contributed by atoms with van der Waals surface area (Å²) in [6, 6.07) is 1.01. The lowest BCUT2D eigenvalue weighted by molar-refractivity contribution is -0.0441. The van der Waals surface area contributed by atoms with E-state index in [0.717, 1.165) is 39.3 Å². The maximum absolute atomic E-state index is 5.51. The van der Waals surface area contributed by atoms with Gasteiger partial charge in [0.05, 0.1) is 19.8 Å². The van der Waals surface area contributed by atoms with Crippen molar-refractivity contribution in [1.29, 1.82) is 0 Å². The highest BCUT2D eigenvalue weighted by Gasteiger charge is 2.27. The molecule has 0 saturated carbocycles.